The third-order valence-corrected chi connectivity index (χ3v) is 5.48. The molecular formula is C15H21N5O3S. The largest absolute Gasteiger partial charge is 0.338 e. The Hall–Kier alpha value is -2.16. The van der Waals surface area contributed by atoms with Crippen LogP contribution in [-0.4, -0.2) is 58.5 Å². The summed E-state index contributed by atoms with van der Waals surface area (Å²) in [5.41, 5.74) is 1.16. The van der Waals surface area contributed by atoms with E-state index in [2.05, 4.69) is 15.3 Å². The third-order valence-electron chi connectivity index (χ3n) is 4.35. The number of piperidine rings is 1. The summed E-state index contributed by atoms with van der Waals surface area (Å²) in [4.78, 5) is 14.6. The first-order valence-corrected chi connectivity index (χ1v) is 9.84. The van der Waals surface area contributed by atoms with Gasteiger partial charge in [0, 0.05) is 38.0 Å². The number of aromatic nitrogens is 4. The number of aryl methyl sites for hydroxylation is 1. The minimum atomic E-state index is -3.34. The van der Waals surface area contributed by atoms with Gasteiger partial charge in [0.25, 0.3) is 5.91 Å². The lowest BCUT2D eigenvalue weighted by molar-refractivity contribution is 0.0705. The van der Waals surface area contributed by atoms with Gasteiger partial charge in [-0.25, -0.2) is 8.42 Å². The molecule has 1 amide bonds. The molecule has 1 N–H and O–H groups in total. The number of likely N-dealkylation sites (tertiary alicyclic amines) is 1. The Morgan fingerprint density at radius 1 is 1.42 bits per heavy atom. The fraction of sp³-hybridized carbons (Fsp3) is 0.533. The number of hydrogen-bond donors (Lipinski definition) is 1. The van der Waals surface area contributed by atoms with Crippen molar-refractivity contribution in [2.24, 2.45) is 0 Å². The van der Waals surface area contributed by atoms with Crippen LogP contribution in [0.15, 0.2) is 23.5 Å². The number of sulfone groups is 1. The van der Waals surface area contributed by atoms with E-state index in [-0.39, 0.29) is 16.7 Å². The second kappa shape index (κ2) is 6.39. The van der Waals surface area contributed by atoms with Gasteiger partial charge in [-0.15, -0.1) is 0 Å². The van der Waals surface area contributed by atoms with E-state index in [1.807, 2.05) is 6.92 Å². The van der Waals surface area contributed by atoms with E-state index in [1.54, 1.807) is 22.0 Å². The lowest BCUT2D eigenvalue weighted by Crippen LogP contribution is -2.39. The molecule has 1 atom stereocenters. The zero-order chi connectivity index (χ0) is 17.3. The van der Waals surface area contributed by atoms with Gasteiger partial charge in [-0.3, -0.25) is 14.6 Å². The van der Waals surface area contributed by atoms with Crippen molar-refractivity contribution in [2.45, 2.75) is 37.1 Å². The van der Waals surface area contributed by atoms with Crippen LogP contribution < -0.4 is 0 Å². The quantitative estimate of drug-likeness (QED) is 0.887. The smallest absolute Gasteiger partial charge is 0.257 e. The maximum absolute atomic E-state index is 12.7. The summed E-state index contributed by atoms with van der Waals surface area (Å²) in [6.45, 7) is 3.81. The van der Waals surface area contributed by atoms with Gasteiger partial charge < -0.3 is 4.90 Å². The lowest BCUT2D eigenvalue weighted by Gasteiger charge is -2.32. The summed E-state index contributed by atoms with van der Waals surface area (Å²) in [7, 11) is -3.34. The Morgan fingerprint density at radius 3 is 2.88 bits per heavy atom. The highest BCUT2D eigenvalue weighted by molar-refractivity contribution is 7.90. The maximum Gasteiger partial charge on any atom is 0.257 e. The molecule has 2 aromatic heterocycles. The second-order valence-corrected chi connectivity index (χ2v) is 8.08. The fourth-order valence-corrected chi connectivity index (χ4v) is 3.96. The van der Waals surface area contributed by atoms with E-state index in [9.17, 15) is 13.2 Å². The number of nitrogens with zero attached hydrogens (tertiary/aromatic N) is 4. The average molecular weight is 351 g/mol. The zero-order valence-corrected chi connectivity index (χ0v) is 14.6. The monoisotopic (exact) mass is 351 g/mol. The molecule has 0 bridgehead atoms. The standard InChI is InChI=1S/C15H21N5O3S/c1-3-20-10-12(7-17-20)15(21)19-6-4-5-11(9-19)14-13(8-16-18-14)24(2,22)23/h7-8,10-11H,3-6,9H2,1-2H3,(H,16,18)/t11-/m1/s1. The Morgan fingerprint density at radius 2 is 2.21 bits per heavy atom. The molecule has 1 aliphatic heterocycles. The normalized spacial score (nSPS) is 18.8. The molecule has 2 aromatic rings. The van der Waals surface area contributed by atoms with E-state index in [0.29, 0.717) is 30.9 Å². The molecule has 130 valence electrons. The molecule has 9 heteroatoms. The van der Waals surface area contributed by atoms with Gasteiger partial charge in [0.15, 0.2) is 9.84 Å². The van der Waals surface area contributed by atoms with Crippen molar-refractivity contribution < 1.29 is 13.2 Å². The number of aromatic amines is 1. The van der Waals surface area contributed by atoms with E-state index in [4.69, 9.17) is 0 Å². The highest BCUT2D eigenvalue weighted by Gasteiger charge is 2.30. The van der Waals surface area contributed by atoms with Crippen molar-refractivity contribution >= 4 is 15.7 Å². The summed E-state index contributed by atoms with van der Waals surface area (Å²) in [5.74, 6) is -0.129. The number of nitrogens with one attached hydrogen (secondary N) is 1. The van der Waals surface area contributed by atoms with E-state index < -0.39 is 9.84 Å². The van der Waals surface area contributed by atoms with E-state index >= 15 is 0 Å². The van der Waals surface area contributed by atoms with Crippen molar-refractivity contribution in [3.8, 4) is 0 Å². The fourth-order valence-electron chi connectivity index (χ4n) is 3.10. The van der Waals surface area contributed by atoms with Crippen molar-refractivity contribution in [3.05, 3.63) is 29.8 Å². The van der Waals surface area contributed by atoms with Crippen LogP contribution in [0, 0.1) is 0 Å². The van der Waals surface area contributed by atoms with Crippen molar-refractivity contribution in [2.75, 3.05) is 19.3 Å². The van der Waals surface area contributed by atoms with Gasteiger partial charge in [0.1, 0.15) is 4.90 Å². The predicted molar refractivity (Wildman–Crippen MR) is 87.5 cm³/mol. The molecule has 1 aliphatic rings. The first-order valence-electron chi connectivity index (χ1n) is 7.95. The highest BCUT2D eigenvalue weighted by atomic mass is 32.2. The van der Waals surface area contributed by atoms with Gasteiger partial charge in [0.2, 0.25) is 0 Å². The first-order chi connectivity index (χ1) is 11.4. The van der Waals surface area contributed by atoms with Gasteiger partial charge >= 0.3 is 0 Å². The summed E-state index contributed by atoms with van der Waals surface area (Å²) >= 11 is 0. The van der Waals surface area contributed by atoms with Crippen LogP contribution in [0.25, 0.3) is 0 Å². The number of rotatable bonds is 4. The van der Waals surface area contributed by atoms with Crippen LogP contribution >= 0.6 is 0 Å². The number of H-pyrrole nitrogens is 1. The predicted octanol–water partition coefficient (Wildman–Crippen LogP) is 1.05. The van der Waals surface area contributed by atoms with Crippen LogP contribution in [0.3, 0.4) is 0 Å². The SMILES string of the molecule is CCn1cc(C(=O)N2CCC[C@@H](c3[nH]ncc3S(C)(=O)=O)C2)cn1. The Labute approximate surface area is 140 Å². The Balaban J connectivity index is 1.80. The molecule has 0 spiro atoms. The first kappa shape index (κ1) is 16.7. The molecule has 1 fully saturated rings. The van der Waals surface area contributed by atoms with Gasteiger partial charge in [-0.2, -0.15) is 10.2 Å². The number of hydrogen-bond acceptors (Lipinski definition) is 5. The molecule has 3 rings (SSSR count). The summed E-state index contributed by atoms with van der Waals surface area (Å²) in [5, 5.41) is 10.8. The molecule has 8 nitrogen and oxygen atoms in total. The summed E-state index contributed by atoms with van der Waals surface area (Å²) in [6.07, 6.45) is 7.48. The maximum atomic E-state index is 12.7. The van der Waals surface area contributed by atoms with Crippen molar-refractivity contribution in [1.82, 2.24) is 24.9 Å². The lowest BCUT2D eigenvalue weighted by atomic mass is 9.94. The topological polar surface area (TPSA) is 101 Å². The van der Waals surface area contributed by atoms with Gasteiger partial charge in [0.05, 0.1) is 23.7 Å². The molecule has 24 heavy (non-hydrogen) atoms. The third kappa shape index (κ3) is 3.21. The Kier molecular flexibility index (Phi) is 4.44. The van der Waals surface area contributed by atoms with E-state index in [0.717, 1.165) is 12.8 Å². The molecule has 0 saturated carbocycles. The van der Waals surface area contributed by atoms with Gasteiger partial charge in [-0.05, 0) is 19.8 Å². The zero-order valence-electron chi connectivity index (χ0n) is 13.8. The van der Waals surface area contributed by atoms with Crippen molar-refractivity contribution in [3.63, 3.8) is 0 Å². The van der Waals surface area contributed by atoms with Crippen LogP contribution in [0.2, 0.25) is 0 Å². The summed E-state index contributed by atoms with van der Waals surface area (Å²) in [6, 6.07) is 0. The number of carbonyl (C=O) groups is 1. The van der Waals surface area contributed by atoms with Crippen LogP contribution in [0.5, 0.6) is 0 Å². The molecule has 0 unspecified atom stereocenters. The van der Waals surface area contributed by atoms with Crippen LogP contribution in [0.4, 0.5) is 0 Å². The molecule has 0 radical (unpaired) electrons. The number of amides is 1. The second-order valence-electron chi connectivity index (χ2n) is 6.10. The molecule has 3 heterocycles. The minimum Gasteiger partial charge on any atom is -0.338 e. The highest BCUT2D eigenvalue weighted by Crippen LogP contribution is 2.30. The molecule has 0 aromatic carbocycles. The van der Waals surface area contributed by atoms with Gasteiger partial charge in [-0.1, -0.05) is 0 Å². The van der Waals surface area contributed by atoms with Crippen LogP contribution in [0.1, 0.15) is 41.7 Å². The minimum absolute atomic E-state index is 0.0591. The molecular weight excluding hydrogens is 330 g/mol. The summed E-state index contributed by atoms with van der Waals surface area (Å²) < 4.78 is 25.5. The average Bonchev–Trinajstić information content (AvgIpc) is 3.23. The molecule has 1 saturated heterocycles. The number of carbonyl (C=O) groups excluding carboxylic acids is 1. The van der Waals surface area contributed by atoms with Crippen LogP contribution in [-0.2, 0) is 16.4 Å². The Bertz CT molecular complexity index is 839. The molecule has 0 aliphatic carbocycles. The van der Waals surface area contributed by atoms with Crippen molar-refractivity contribution in [1.29, 1.82) is 0 Å². The van der Waals surface area contributed by atoms with E-state index in [1.165, 1.54) is 12.5 Å².